The molecule has 0 saturated carbocycles. The molecule has 0 aromatic carbocycles. The standard InChI is InChI=1S/C74H120O6/c1-4-7-10-13-16-19-22-25-27-29-31-33-35-36-37-38-40-41-43-45-47-49-52-55-58-61-64-67-73(76)79-70-71(69-78-72(75)66-63-60-57-54-51-24-21-18-15-12-9-6-3)80-74(77)68-65-62-59-56-53-50-48-46-44-42-39-34-32-30-28-26-23-20-17-14-11-8-5-2/h7-8,10-11,16-17,19-20,25-28,31-34,36-37,40-42,44,48,50,71H,4-6,9,12-15,18,21-24,29-30,35,38-39,43,45-47,49,51-70H2,1-3H3/b10-7-,11-8-,19-16-,20-17-,27-25-,28-26-,33-31-,34-32-,37-36-,41-40-,44-42-,50-48-. The Bertz CT molecular complexity index is 1750. The molecule has 0 aliphatic carbocycles. The molecule has 1 unspecified atom stereocenters. The van der Waals surface area contributed by atoms with Crippen LogP contribution in [0.2, 0.25) is 0 Å². The molecular weight excluding hydrogens is 985 g/mol. The molecule has 0 amide bonds. The minimum absolute atomic E-state index is 0.0938. The Labute approximate surface area is 493 Å². The zero-order chi connectivity index (χ0) is 57.8. The maximum atomic E-state index is 12.9. The molecule has 0 saturated heterocycles. The van der Waals surface area contributed by atoms with Crippen LogP contribution in [0, 0.1) is 0 Å². The monoisotopic (exact) mass is 1100 g/mol. The fraction of sp³-hybridized carbons (Fsp3) is 0.635. The number of hydrogen-bond acceptors (Lipinski definition) is 6. The van der Waals surface area contributed by atoms with Crippen molar-refractivity contribution in [3.63, 3.8) is 0 Å². The van der Waals surface area contributed by atoms with Gasteiger partial charge in [0.05, 0.1) is 0 Å². The van der Waals surface area contributed by atoms with Crippen LogP contribution >= 0.6 is 0 Å². The number of esters is 3. The maximum absolute atomic E-state index is 12.9. The van der Waals surface area contributed by atoms with E-state index in [2.05, 4.69) is 167 Å². The third kappa shape index (κ3) is 64.1. The Morgan fingerprint density at radius 1 is 0.263 bits per heavy atom. The lowest BCUT2D eigenvalue weighted by atomic mass is 10.0. The summed E-state index contributed by atoms with van der Waals surface area (Å²) in [5.74, 6) is -0.926. The van der Waals surface area contributed by atoms with E-state index in [1.54, 1.807) is 0 Å². The smallest absolute Gasteiger partial charge is 0.306 e. The molecule has 0 heterocycles. The summed E-state index contributed by atoms with van der Waals surface area (Å²) in [6.07, 6.45) is 95.6. The number of carbonyl (C=O) groups is 3. The summed E-state index contributed by atoms with van der Waals surface area (Å²) in [7, 11) is 0. The number of allylic oxidation sites excluding steroid dienone is 24. The summed E-state index contributed by atoms with van der Waals surface area (Å²) in [5, 5.41) is 0. The number of hydrogen-bond donors (Lipinski definition) is 0. The van der Waals surface area contributed by atoms with E-state index in [0.29, 0.717) is 19.3 Å². The van der Waals surface area contributed by atoms with Crippen LogP contribution in [0.4, 0.5) is 0 Å². The average molecular weight is 1110 g/mol. The molecule has 6 nitrogen and oxygen atoms in total. The van der Waals surface area contributed by atoms with E-state index in [4.69, 9.17) is 14.2 Å². The number of carbonyl (C=O) groups excluding carboxylic acids is 3. The van der Waals surface area contributed by atoms with Gasteiger partial charge in [0.1, 0.15) is 13.2 Å². The van der Waals surface area contributed by atoms with E-state index >= 15 is 0 Å². The molecule has 6 heteroatoms. The van der Waals surface area contributed by atoms with Gasteiger partial charge in [-0.1, -0.05) is 289 Å². The van der Waals surface area contributed by atoms with E-state index in [9.17, 15) is 14.4 Å². The highest BCUT2D eigenvalue weighted by Crippen LogP contribution is 2.15. The van der Waals surface area contributed by atoms with Crippen LogP contribution in [0.15, 0.2) is 146 Å². The van der Waals surface area contributed by atoms with Crippen LogP contribution in [0.25, 0.3) is 0 Å². The van der Waals surface area contributed by atoms with E-state index in [0.717, 1.165) is 154 Å². The van der Waals surface area contributed by atoms with Crippen molar-refractivity contribution in [2.75, 3.05) is 13.2 Å². The highest BCUT2D eigenvalue weighted by molar-refractivity contribution is 5.71. The van der Waals surface area contributed by atoms with Gasteiger partial charge in [-0.15, -0.1) is 0 Å². The van der Waals surface area contributed by atoms with E-state index in [1.165, 1.54) is 89.9 Å². The second-order valence-corrected chi connectivity index (χ2v) is 21.3. The fourth-order valence-corrected chi connectivity index (χ4v) is 8.74. The van der Waals surface area contributed by atoms with Gasteiger partial charge in [0.25, 0.3) is 0 Å². The third-order valence-corrected chi connectivity index (χ3v) is 13.6. The summed E-state index contributed by atoms with van der Waals surface area (Å²) in [6.45, 7) is 6.39. The zero-order valence-electron chi connectivity index (χ0n) is 51.8. The van der Waals surface area contributed by atoms with Gasteiger partial charge in [0, 0.05) is 19.3 Å². The van der Waals surface area contributed by atoms with Crippen molar-refractivity contribution in [1.82, 2.24) is 0 Å². The van der Waals surface area contributed by atoms with Crippen LogP contribution in [-0.2, 0) is 28.6 Å². The summed E-state index contributed by atoms with van der Waals surface area (Å²) >= 11 is 0. The lowest BCUT2D eigenvalue weighted by molar-refractivity contribution is -0.167. The summed E-state index contributed by atoms with van der Waals surface area (Å²) in [6, 6.07) is 0. The van der Waals surface area contributed by atoms with Gasteiger partial charge in [0.2, 0.25) is 0 Å². The molecule has 0 radical (unpaired) electrons. The molecule has 80 heavy (non-hydrogen) atoms. The molecule has 0 aromatic heterocycles. The van der Waals surface area contributed by atoms with Crippen molar-refractivity contribution in [3.8, 4) is 0 Å². The van der Waals surface area contributed by atoms with Gasteiger partial charge in [-0.05, 0) is 122 Å². The number of ether oxygens (including phenoxy) is 3. The Hall–Kier alpha value is -4.71. The van der Waals surface area contributed by atoms with Crippen LogP contribution in [0.3, 0.4) is 0 Å². The van der Waals surface area contributed by atoms with Gasteiger partial charge in [-0.25, -0.2) is 0 Å². The summed E-state index contributed by atoms with van der Waals surface area (Å²) in [5.41, 5.74) is 0. The lowest BCUT2D eigenvalue weighted by Gasteiger charge is -2.18. The minimum atomic E-state index is -0.801. The first-order chi connectivity index (χ1) is 39.5. The van der Waals surface area contributed by atoms with E-state index in [-0.39, 0.29) is 31.1 Å². The van der Waals surface area contributed by atoms with Crippen LogP contribution in [-0.4, -0.2) is 37.2 Å². The first-order valence-corrected chi connectivity index (χ1v) is 32.8. The van der Waals surface area contributed by atoms with Crippen molar-refractivity contribution in [1.29, 1.82) is 0 Å². The Balaban J connectivity index is 4.40. The molecule has 0 fully saturated rings. The molecule has 1 atom stereocenters. The van der Waals surface area contributed by atoms with Gasteiger partial charge in [-0.3, -0.25) is 14.4 Å². The van der Waals surface area contributed by atoms with Crippen LogP contribution in [0.5, 0.6) is 0 Å². The Morgan fingerprint density at radius 2 is 0.487 bits per heavy atom. The van der Waals surface area contributed by atoms with Gasteiger partial charge < -0.3 is 14.2 Å². The first kappa shape index (κ1) is 75.3. The fourth-order valence-electron chi connectivity index (χ4n) is 8.74. The summed E-state index contributed by atoms with van der Waals surface area (Å²) < 4.78 is 16.9. The van der Waals surface area contributed by atoms with Crippen molar-refractivity contribution in [2.45, 2.75) is 290 Å². The molecule has 452 valence electrons. The molecule has 0 aliphatic heterocycles. The first-order valence-electron chi connectivity index (χ1n) is 32.8. The predicted octanol–water partition coefficient (Wildman–Crippen LogP) is 22.7. The van der Waals surface area contributed by atoms with Gasteiger partial charge in [0.15, 0.2) is 6.10 Å². The van der Waals surface area contributed by atoms with Crippen molar-refractivity contribution in [2.24, 2.45) is 0 Å². The minimum Gasteiger partial charge on any atom is -0.462 e. The molecular formula is C74H120O6. The molecule has 0 spiro atoms. The number of unbranched alkanes of at least 4 members (excludes halogenated alkanes) is 23. The molecule has 0 bridgehead atoms. The number of rotatable bonds is 58. The second kappa shape index (κ2) is 66.8. The SMILES string of the molecule is CC/C=C\C/C=C\C/C=C\C/C=C\C/C=C\C/C=C\CCCCCCCCCCC(=O)OCC(COC(=O)CCCCCCCCCCCCCC)OC(=O)CCCCCC/C=C\C/C=C\C/C=C\C/C=C\C/C=C\C/C=C\CC. The average Bonchev–Trinajstić information content (AvgIpc) is 3.46. The predicted molar refractivity (Wildman–Crippen MR) is 348 cm³/mol. The molecule has 0 N–H and O–H groups in total. The summed E-state index contributed by atoms with van der Waals surface area (Å²) in [4.78, 5) is 38.3. The van der Waals surface area contributed by atoms with Crippen molar-refractivity contribution >= 4 is 17.9 Å². The highest BCUT2D eigenvalue weighted by Gasteiger charge is 2.19. The van der Waals surface area contributed by atoms with Crippen LogP contribution in [0.1, 0.15) is 284 Å². The quantitative estimate of drug-likeness (QED) is 0.0261. The van der Waals surface area contributed by atoms with Crippen molar-refractivity contribution < 1.29 is 28.6 Å². The van der Waals surface area contributed by atoms with E-state index < -0.39 is 6.10 Å². The van der Waals surface area contributed by atoms with E-state index in [1.807, 2.05) is 0 Å². The van der Waals surface area contributed by atoms with Crippen LogP contribution < -0.4 is 0 Å². The van der Waals surface area contributed by atoms with Crippen molar-refractivity contribution in [3.05, 3.63) is 146 Å². The molecule has 0 aromatic rings. The topological polar surface area (TPSA) is 78.9 Å². The maximum Gasteiger partial charge on any atom is 0.306 e. The Kier molecular flexibility index (Phi) is 62.9. The lowest BCUT2D eigenvalue weighted by Crippen LogP contribution is -2.30. The van der Waals surface area contributed by atoms with Gasteiger partial charge >= 0.3 is 17.9 Å². The Morgan fingerprint density at radius 3 is 0.762 bits per heavy atom. The second-order valence-electron chi connectivity index (χ2n) is 21.3. The van der Waals surface area contributed by atoms with Gasteiger partial charge in [-0.2, -0.15) is 0 Å². The molecule has 0 aliphatic rings. The third-order valence-electron chi connectivity index (χ3n) is 13.6. The molecule has 0 rings (SSSR count). The normalized spacial score (nSPS) is 13.1. The highest BCUT2D eigenvalue weighted by atomic mass is 16.6. The zero-order valence-corrected chi connectivity index (χ0v) is 51.8. The largest absolute Gasteiger partial charge is 0.462 e.